The highest BCUT2D eigenvalue weighted by Gasteiger charge is 2.31. The van der Waals surface area contributed by atoms with Crippen molar-refractivity contribution < 1.29 is 17.9 Å². The lowest BCUT2D eigenvalue weighted by Gasteiger charge is -2.09. The van der Waals surface area contributed by atoms with Crippen molar-refractivity contribution in [3.8, 4) is 16.9 Å². The van der Waals surface area contributed by atoms with Crippen LogP contribution in [0.3, 0.4) is 0 Å². The van der Waals surface area contributed by atoms with Crippen molar-refractivity contribution >= 4 is 0 Å². The quantitative estimate of drug-likeness (QED) is 0.897. The van der Waals surface area contributed by atoms with Crippen LogP contribution in [0.15, 0.2) is 41.3 Å². The van der Waals surface area contributed by atoms with E-state index in [4.69, 9.17) is 0 Å². The van der Waals surface area contributed by atoms with E-state index in [0.717, 1.165) is 0 Å². The summed E-state index contributed by atoms with van der Waals surface area (Å²) in [6, 6.07) is 6.55. The van der Waals surface area contributed by atoms with Gasteiger partial charge in [-0.1, -0.05) is 12.1 Å². The Hall–Kier alpha value is -2.31. The molecule has 1 N–H and O–H groups in total. The highest BCUT2D eigenvalue weighted by Crippen LogP contribution is 2.26. The smallest absolute Gasteiger partial charge is 0.406 e. The molecule has 0 spiro atoms. The minimum Gasteiger partial charge on any atom is -0.406 e. The fraction of sp³-hybridized carbons (Fsp3) is 0.0909. The molecule has 0 unspecified atom stereocenters. The molecule has 0 amide bonds. The third-order valence-electron chi connectivity index (χ3n) is 2.07. The zero-order valence-electron chi connectivity index (χ0n) is 8.86. The summed E-state index contributed by atoms with van der Waals surface area (Å²) in [4.78, 5) is 11.0. The molecular formula is C11H7F3N2O2. The maximum atomic E-state index is 12.1. The number of ether oxygens (including phenoxy) is 1. The molecule has 0 aliphatic rings. The highest BCUT2D eigenvalue weighted by molar-refractivity contribution is 5.63. The number of hydrogen-bond donors (Lipinski definition) is 1. The predicted octanol–water partition coefficient (Wildman–Crippen LogP) is 2.34. The summed E-state index contributed by atoms with van der Waals surface area (Å²) in [5, 5.41) is 5.74. The number of alkyl halides is 3. The first-order chi connectivity index (χ1) is 8.44. The van der Waals surface area contributed by atoms with Crippen LogP contribution in [0, 0.1) is 0 Å². The Bertz CT molecular complexity index is 607. The number of hydrogen-bond acceptors (Lipinski definition) is 3. The summed E-state index contributed by atoms with van der Waals surface area (Å²) in [6.45, 7) is 0. The van der Waals surface area contributed by atoms with Crippen molar-refractivity contribution in [2.45, 2.75) is 6.36 Å². The van der Waals surface area contributed by atoms with Gasteiger partial charge in [0, 0.05) is 11.6 Å². The van der Waals surface area contributed by atoms with Crippen molar-refractivity contribution in [1.82, 2.24) is 10.2 Å². The standard InChI is InChI=1S/C11H7F3N2O2/c12-11(13,14)18-9-3-1-2-7(4-9)8-5-10(17)16-15-6-8/h1-6H,(H,16,17). The van der Waals surface area contributed by atoms with E-state index in [0.29, 0.717) is 11.1 Å². The van der Waals surface area contributed by atoms with Crippen LogP contribution in [0.2, 0.25) is 0 Å². The maximum Gasteiger partial charge on any atom is 0.573 e. The first kappa shape index (κ1) is 12.2. The Morgan fingerprint density at radius 3 is 2.61 bits per heavy atom. The first-order valence-corrected chi connectivity index (χ1v) is 4.85. The molecule has 2 aromatic rings. The second kappa shape index (κ2) is 4.52. The van der Waals surface area contributed by atoms with Crippen molar-refractivity contribution in [2.24, 2.45) is 0 Å². The van der Waals surface area contributed by atoms with Gasteiger partial charge in [-0.2, -0.15) is 5.10 Å². The second-order valence-corrected chi connectivity index (χ2v) is 3.41. The van der Waals surface area contributed by atoms with Gasteiger partial charge in [0.15, 0.2) is 0 Å². The van der Waals surface area contributed by atoms with Gasteiger partial charge in [0.2, 0.25) is 0 Å². The Morgan fingerprint density at radius 2 is 1.94 bits per heavy atom. The summed E-state index contributed by atoms with van der Waals surface area (Å²) in [5.74, 6) is -0.347. The number of aromatic nitrogens is 2. The number of aromatic amines is 1. The van der Waals surface area contributed by atoms with Gasteiger partial charge in [-0.15, -0.1) is 13.2 Å². The molecule has 18 heavy (non-hydrogen) atoms. The summed E-state index contributed by atoms with van der Waals surface area (Å²) in [5.41, 5.74) is 0.386. The van der Waals surface area contributed by atoms with Crippen LogP contribution in [0.5, 0.6) is 5.75 Å². The minimum atomic E-state index is -4.75. The van der Waals surface area contributed by atoms with Crippen molar-refractivity contribution in [3.63, 3.8) is 0 Å². The molecule has 94 valence electrons. The molecule has 1 aromatic heterocycles. The van der Waals surface area contributed by atoms with E-state index in [1.54, 1.807) is 6.07 Å². The van der Waals surface area contributed by atoms with E-state index in [1.165, 1.54) is 30.5 Å². The predicted molar refractivity (Wildman–Crippen MR) is 57.0 cm³/mol. The van der Waals surface area contributed by atoms with Crippen LogP contribution in [-0.2, 0) is 0 Å². The summed E-state index contributed by atoms with van der Waals surface area (Å²) in [6.07, 6.45) is -3.40. The molecule has 4 nitrogen and oxygen atoms in total. The molecule has 0 saturated heterocycles. The largest absolute Gasteiger partial charge is 0.573 e. The Kier molecular flexibility index (Phi) is 3.05. The molecule has 0 radical (unpaired) electrons. The highest BCUT2D eigenvalue weighted by atomic mass is 19.4. The molecular weight excluding hydrogens is 249 g/mol. The lowest BCUT2D eigenvalue weighted by Crippen LogP contribution is -2.17. The van der Waals surface area contributed by atoms with E-state index >= 15 is 0 Å². The summed E-state index contributed by atoms with van der Waals surface area (Å²) < 4.78 is 39.9. The van der Waals surface area contributed by atoms with Gasteiger partial charge in [-0.3, -0.25) is 4.79 Å². The average molecular weight is 256 g/mol. The molecule has 0 aliphatic carbocycles. The van der Waals surface area contributed by atoms with Crippen LogP contribution in [0.25, 0.3) is 11.1 Å². The van der Waals surface area contributed by atoms with Gasteiger partial charge in [0.1, 0.15) is 5.75 Å². The van der Waals surface area contributed by atoms with Crippen LogP contribution in [0.1, 0.15) is 0 Å². The normalized spacial score (nSPS) is 11.3. The van der Waals surface area contributed by atoms with Gasteiger partial charge in [0.05, 0.1) is 6.20 Å². The summed E-state index contributed by atoms with van der Waals surface area (Å²) >= 11 is 0. The maximum absolute atomic E-state index is 12.1. The van der Waals surface area contributed by atoms with Gasteiger partial charge >= 0.3 is 6.36 Å². The van der Waals surface area contributed by atoms with Gasteiger partial charge in [0.25, 0.3) is 5.56 Å². The van der Waals surface area contributed by atoms with Gasteiger partial charge < -0.3 is 4.74 Å². The van der Waals surface area contributed by atoms with E-state index in [-0.39, 0.29) is 5.75 Å². The van der Waals surface area contributed by atoms with Crippen LogP contribution >= 0.6 is 0 Å². The van der Waals surface area contributed by atoms with Crippen molar-refractivity contribution in [3.05, 3.63) is 46.9 Å². The summed E-state index contributed by atoms with van der Waals surface area (Å²) in [7, 11) is 0. The Morgan fingerprint density at radius 1 is 1.17 bits per heavy atom. The van der Waals surface area contributed by atoms with Crippen LogP contribution < -0.4 is 10.3 Å². The van der Waals surface area contributed by atoms with E-state index in [9.17, 15) is 18.0 Å². The van der Waals surface area contributed by atoms with Gasteiger partial charge in [-0.05, 0) is 17.7 Å². The monoisotopic (exact) mass is 256 g/mol. The number of rotatable bonds is 2. The lowest BCUT2D eigenvalue weighted by atomic mass is 10.1. The molecule has 0 fully saturated rings. The third kappa shape index (κ3) is 3.09. The number of nitrogens with one attached hydrogen (secondary N) is 1. The minimum absolute atomic E-state index is 0.347. The molecule has 7 heteroatoms. The lowest BCUT2D eigenvalue weighted by molar-refractivity contribution is -0.274. The van der Waals surface area contributed by atoms with E-state index in [1.807, 2.05) is 0 Å². The Labute approximate surface area is 99.0 Å². The molecule has 1 aromatic carbocycles. The van der Waals surface area contributed by atoms with Crippen molar-refractivity contribution in [1.29, 1.82) is 0 Å². The zero-order chi connectivity index (χ0) is 13.2. The van der Waals surface area contributed by atoms with E-state index in [2.05, 4.69) is 14.9 Å². The molecule has 0 saturated carbocycles. The SMILES string of the molecule is O=c1cc(-c2cccc(OC(F)(F)F)c2)cn[nH]1. The fourth-order valence-electron chi connectivity index (χ4n) is 1.41. The molecule has 0 aliphatic heterocycles. The Balaban J connectivity index is 2.36. The van der Waals surface area contributed by atoms with Gasteiger partial charge in [-0.25, -0.2) is 5.10 Å². The molecule has 0 bridgehead atoms. The van der Waals surface area contributed by atoms with E-state index < -0.39 is 11.9 Å². The number of halogens is 3. The van der Waals surface area contributed by atoms with Crippen LogP contribution in [-0.4, -0.2) is 16.6 Å². The fourth-order valence-corrected chi connectivity index (χ4v) is 1.41. The first-order valence-electron chi connectivity index (χ1n) is 4.85. The number of H-pyrrole nitrogens is 1. The zero-order valence-corrected chi connectivity index (χ0v) is 8.86. The second-order valence-electron chi connectivity index (χ2n) is 3.41. The third-order valence-corrected chi connectivity index (χ3v) is 2.07. The molecule has 0 atom stereocenters. The molecule has 2 rings (SSSR count). The number of nitrogens with zero attached hydrogens (tertiary/aromatic N) is 1. The van der Waals surface area contributed by atoms with Crippen molar-refractivity contribution in [2.75, 3.05) is 0 Å². The number of benzene rings is 1. The van der Waals surface area contributed by atoms with Crippen LogP contribution in [0.4, 0.5) is 13.2 Å². The average Bonchev–Trinajstić information content (AvgIpc) is 2.27. The topological polar surface area (TPSA) is 55.0 Å². The molecule has 1 heterocycles.